The Hall–Kier alpha value is 0.110. The molecule has 0 aromatic rings. The smallest absolute Gasteiger partial charge is 0.0499 e. The van der Waals surface area contributed by atoms with Crippen molar-refractivity contribution in [2.24, 2.45) is 11.7 Å². The van der Waals surface area contributed by atoms with Crippen molar-refractivity contribution in [3.8, 4) is 0 Å². The lowest BCUT2D eigenvalue weighted by Gasteiger charge is -2.17. The van der Waals surface area contributed by atoms with Crippen molar-refractivity contribution in [2.75, 3.05) is 5.75 Å². The first-order valence-electron chi connectivity index (χ1n) is 5.28. The largest absolute Gasteiger partial charge is 0.327 e. The van der Waals surface area contributed by atoms with Crippen LogP contribution in [0, 0.1) is 5.92 Å². The summed E-state index contributed by atoms with van der Waals surface area (Å²) in [4.78, 5) is 0. The highest BCUT2D eigenvalue weighted by Gasteiger charge is 2.29. The van der Waals surface area contributed by atoms with Crippen LogP contribution in [0.4, 0.5) is 0 Å². The van der Waals surface area contributed by atoms with Crippen LogP contribution in [0.1, 0.15) is 39.5 Å². The number of hydrogen-bond donors (Lipinski definition) is 1. The van der Waals surface area contributed by atoms with E-state index >= 15 is 0 Å². The molecule has 13 heavy (non-hydrogen) atoms. The van der Waals surface area contributed by atoms with Crippen LogP contribution in [0.2, 0.25) is 0 Å². The van der Waals surface area contributed by atoms with E-state index in [4.69, 9.17) is 5.73 Å². The summed E-state index contributed by atoms with van der Waals surface area (Å²) in [7, 11) is -0.680. The molecule has 0 amide bonds. The molecule has 0 heterocycles. The normalized spacial score (nSPS) is 33.2. The standard InChI is InChI=1S/C10H21NOS/c1-3-8(2)7-13(12)10-6-4-5-9(10)11/h8-10H,3-7,11H2,1-2H3. The molecule has 4 unspecified atom stereocenters. The van der Waals surface area contributed by atoms with Crippen molar-refractivity contribution in [1.82, 2.24) is 0 Å². The molecule has 2 N–H and O–H groups in total. The van der Waals surface area contributed by atoms with Gasteiger partial charge in [-0.1, -0.05) is 26.7 Å². The van der Waals surface area contributed by atoms with Crippen LogP contribution < -0.4 is 5.73 Å². The van der Waals surface area contributed by atoms with Crippen LogP contribution in [0.5, 0.6) is 0 Å². The maximum atomic E-state index is 11.9. The fourth-order valence-electron chi connectivity index (χ4n) is 1.80. The van der Waals surface area contributed by atoms with Gasteiger partial charge in [0.1, 0.15) is 0 Å². The van der Waals surface area contributed by atoms with Gasteiger partial charge < -0.3 is 5.73 Å². The monoisotopic (exact) mass is 203 g/mol. The van der Waals surface area contributed by atoms with Crippen LogP contribution in [-0.2, 0) is 10.8 Å². The summed E-state index contributed by atoms with van der Waals surface area (Å²) < 4.78 is 11.9. The number of hydrogen-bond acceptors (Lipinski definition) is 2. The fraction of sp³-hybridized carbons (Fsp3) is 1.00. The average Bonchev–Trinajstić information content (AvgIpc) is 2.51. The molecule has 1 aliphatic carbocycles. The third-order valence-electron chi connectivity index (χ3n) is 2.99. The number of rotatable bonds is 4. The fourth-order valence-corrected chi connectivity index (χ4v) is 3.80. The van der Waals surface area contributed by atoms with Crippen molar-refractivity contribution in [3.63, 3.8) is 0 Å². The molecule has 3 heteroatoms. The van der Waals surface area contributed by atoms with Gasteiger partial charge in [0, 0.05) is 27.8 Å². The van der Waals surface area contributed by atoms with E-state index in [-0.39, 0.29) is 11.3 Å². The average molecular weight is 203 g/mol. The summed E-state index contributed by atoms with van der Waals surface area (Å²) in [6, 6.07) is 0.199. The maximum Gasteiger partial charge on any atom is 0.0499 e. The predicted octanol–water partition coefficient (Wildman–Crippen LogP) is 1.66. The van der Waals surface area contributed by atoms with Gasteiger partial charge >= 0.3 is 0 Å². The highest BCUT2D eigenvalue weighted by Crippen LogP contribution is 2.23. The minimum atomic E-state index is -0.680. The molecule has 0 aromatic heterocycles. The van der Waals surface area contributed by atoms with Crippen LogP contribution in [-0.4, -0.2) is 21.3 Å². The minimum Gasteiger partial charge on any atom is -0.327 e. The zero-order valence-corrected chi connectivity index (χ0v) is 9.48. The zero-order chi connectivity index (χ0) is 9.84. The molecule has 1 fully saturated rings. The molecule has 0 saturated heterocycles. The van der Waals surface area contributed by atoms with Gasteiger partial charge in [0.25, 0.3) is 0 Å². The van der Waals surface area contributed by atoms with Gasteiger partial charge in [0.2, 0.25) is 0 Å². The molecule has 0 spiro atoms. The molecular weight excluding hydrogens is 182 g/mol. The third-order valence-corrected chi connectivity index (χ3v) is 5.15. The Balaban J connectivity index is 2.38. The van der Waals surface area contributed by atoms with E-state index in [0.717, 1.165) is 31.4 Å². The van der Waals surface area contributed by atoms with Crippen molar-refractivity contribution in [3.05, 3.63) is 0 Å². The Bertz CT molecular complexity index is 184. The molecule has 1 aliphatic rings. The second-order valence-electron chi connectivity index (χ2n) is 4.19. The topological polar surface area (TPSA) is 43.1 Å². The SMILES string of the molecule is CCC(C)CS(=O)C1CCCC1N. The van der Waals surface area contributed by atoms with Gasteiger partial charge in [0.05, 0.1) is 0 Å². The summed E-state index contributed by atoms with van der Waals surface area (Å²) >= 11 is 0. The quantitative estimate of drug-likeness (QED) is 0.755. The summed E-state index contributed by atoms with van der Waals surface area (Å²) in [5.41, 5.74) is 5.90. The second-order valence-corrected chi connectivity index (χ2v) is 5.89. The Kier molecular flexibility index (Phi) is 4.39. The van der Waals surface area contributed by atoms with Crippen LogP contribution in [0.3, 0.4) is 0 Å². The van der Waals surface area contributed by atoms with Crippen molar-refractivity contribution in [1.29, 1.82) is 0 Å². The molecule has 0 bridgehead atoms. The van der Waals surface area contributed by atoms with E-state index in [0.29, 0.717) is 5.92 Å². The van der Waals surface area contributed by atoms with E-state index < -0.39 is 10.8 Å². The summed E-state index contributed by atoms with van der Waals surface area (Å²) in [6.45, 7) is 4.31. The predicted molar refractivity (Wildman–Crippen MR) is 58.1 cm³/mol. The summed E-state index contributed by atoms with van der Waals surface area (Å²) in [5, 5.41) is 0.286. The molecular formula is C10H21NOS. The van der Waals surface area contributed by atoms with Gasteiger partial charge in [-0.2, -0.15) is 0 Å². The van der Waals surface area contributed by atoms with Crippen molar-refractivity contribution < 1.29 is 4.21 Å². The third kappa shape index (κ3) is 3.06. The first-order valence-corrected chi connectivity index (χ1v) is 6.66. The molecule has 2 nitrogen and oxygen atoms in total. The van der Waals surface area contributed by atoms with Crippen molar-refractivity contribution >= 4 is 10.8 Å². The van der Waals surface area contributed by atoms with Gasteiger partial charge in [-0.3, -0.25) is 4.21 Å². The van der Waals surface area contributed by atoms with E-state index in [1.54, 1.807) is 0 Å². The highest BCUT2D eigenvalue weighted by molar-refractivity contribution is 7.85. The first kappa shape index (κ1) is 11.2. The Morgan fingerprint density at radius 3 is 2.69 bits per heavy atom. The molecule has 0 aliphatic heterocycles. The van der Waals surface area contributed by atoms with Crippen LogP contribution in [0.25, 0.3) is 0 Å². The van der Waals surface area contributed by atoms with Crippen LogP contribution in [0.15, 0.2) is 0 Å². The molecule has 1 rings (SSSR count). The minimum absolute atomic E-state index is 0.199. The van der Waals surface area contributed by atoms with E-state index in [9.17, 15) is 4.21 Å². The molecule has 0 radical (unpaired) electrons. The first-order chi connectivity index (χ1) is 6.15. The lowest BCUT2D eigenvalue weighted by Crippen LogP contribution is -2.34. The Labute approximate surface area is 83.7 Å². The lowest BCUT2D eigenvalue weighted by molar-refractivity contribution is 0.601. The van der Waals surface area contributed by atoms with Gasteiger partial charge in [0.15, 0.2) is 0 Å². The number of nitrogens with two attached hydrogens (primary N) is 1. The highest BCUT2D eigenvalue weighted by atomic mass is 32.2. The lowest BCUT2D eigenvalue weighted by atomic mass is 10.2. The van der Waals surface area contributed by atoms with E-state index in [1.807, 2.05) is 0 Å². The van der Waals surface area contributed by atoms with Gasteiger partial charge in [-0.05, 0) is 18.8 Å². The van der Waals surface area contributed by atoms with E-state index in [1.165, 1.54) is 0 Å². The molecule has 78 valence electrons. The Morgan fingerprint density at radius 2 is 2.23 bits per heavy atom. The Morgan fingerprint density at radius 1 is 1.54 bits per heavy atom. The second kappa shape index (κ2) is 5.11. The molecule has 4 atom stereocenters. The van der Waals surface area contributed by atoms with Gasteiger partial charge in [-0.15, -0.1) is 0 Å². The molecule has 0 aromatic carbocycles. The van der Waals surface area contributed by atoms with E-state index in [2.05, 4.69) is 13.8 Å². The van der Waals surface area contributed by atoms with Crippen molar-refractivity contribution in [2.45, 2.75) is 50.8 Å². The maximum absolute atomic E-state index is 11.9. The van der Waals surface area contributed by atoms with Crippen LogP contribution >= 0.6 is 0 Å². The van der Waals surface area contributed by atoms with Gasteiger partial charge in [-0.25, -0.2) is 0 Å². The summed E-state index contributed by atoms with van der Waals surface area (Å²) in [5.74, 6) is 1.42. The summed E-state index contributed by atoms with van der Waals surface area (Å²) in [6.07, 6.45) is 4.42. The molecule has 1 saturated carbocycles. The zero-order valence-electron chi connectivity index (χ0n) is 8.66.